The van der Waals surface area contributed by atoms with Gasteiger partial charge < -0.3 is 15.2 Å². The van der Waals surface area contributed by atoms with Crippen LogP contribution in [-0.2, 0) is 23.9 Å². The second-order valence-electron chi connectivity index (χ2n) is 4.94. The maximum absolute atomic E-state index is 11.6. The summed E-state index contributed by atoms with van der Waals surface area (Å²) in [5.74, 6) is -0.0954. The lowest BCUT2D eigenvalue weighted by atomic mass is 10.1. The van der Waals surface area contributed by atoms with Crippen LogP contribution in [-0.4, -0.2) is 48.0 Å². The summed E-state index contributed by atoms with van der Waals surface area (Å²) in [6.45, 7) is 3.22. The fourth-order valence-electron chi connectivity index (χ4n) is 1.57. The van der Waals surface area contributed by atoms with E-state index in [0.29, 0.717) is 17.9 Å². The van der Waals surface area contributed by atoms with Gasteiger partial charge in [-0.15, -0.1) is 0 Å². The molecule has 1 fully saturated rings. The minimum absolute atomic E-state index is 0.0528. The molecule has 3 atom stereocenters. The van der Waals surface area contributed by atoms with Crippen LogP contribution in [0.2, 0.25) is 0 Å². The summed E-state index contributed by atoms with van der Waals surface area (Å²) < 4.78 is 10.4. The van der Waals surface area contributed by atoms with Gasteiger partial charge in [-0.2, -0.15) is 11.8 Å². The van der Waals surface area contributed by atoms with Gasteiger partial charge in [0.05, 0.1) is 12.0 Å². The molecule has 0 amide bonds. The number of ketones is 1. The van der Waals surface area contributed by atoms with Crippen molar-refractivity contribution in [1.82, 2.24) is 0 Å². The Morgan fingerprint density at radius 1 is 1.50 bits per heavy atom. The molecule has 1 aliphatic heterocycles. The molecule has 0 aromatic rings. The first kappa shape index (κ1) is 17.0. The Hall–Kier alpha value is -1.08. The van der Waals surface area contributed by atoms with Gasteiger partial charge in [-0.3, -0.25) is 14.4 Å². The van der Waals surface area contributed by atoms with Gasteiger partial charge in [0.1, 0.15) is 18.5 Å². The van der Waals surface area contributed by atoms with Crippen molar-refractivity contribution in [2.75, 3.05) is 18.1 Å². The molecule has 114 valence electrons. The molecule has 0 spiro atoms. The predicted octanol–water partition coefficient (Wildman–Crippen LogP) is 0.521. The first-order valence-corrected chi connectivity index (χ1v) is 7.75. The van der Waals surface area contributed by atoms with Crippen molar-refractivity contribution in [3.05, 3.63) is 0 Å². The van der Waals surface area contributed by atoms with Gasteiger partial charge in [-0.25, -0.2) is 0 Å². The lowest BCUT2D eigenvalue weighted by molar-refractivity contribution is -0.156. The Morgan fingerprint density at radius 2 is 2.20 bits per heavy atom. The molecule has 1 saturated heterocycles. The first-order chi connectivity index (χ1) is 9.40. The third-order valence-electron chi connectivity index (χ3n) is 3.02. The highest BCUT2D eigenvalue weighted by Crippen LogP contribution is 2.15. The number of rotatable bonds is 5. The number of nitrogens with two attached hydrogens (primary N) is 1. The molecule has 0 saturated carbocycles. The summed E-state index contributed by atoms with van der Waals surface area (Å²) in [5.41, 5.74) is 5.62. The van der Waals surface area contributed by atoms with E-state index in [0.717, 1.165) is 0 Å². The van der Waals surface area contributed by atoms with E-state index in [4.69, 9.17) is 15.2 Å². The minimum Gasteiger partial charge on any atom is -0.461 e. The first-order valence-electron chi connectivity index (χ1n) is 6.60. The zero-order chi connectivity index (χ0) is 15.1. The van der Waals surface area contributed by atoms with Crippen LogP contribution in [0.25, 0.3) is 0 Å². The molecule has 2 N–H and O–H groups in total. The number of hydrogen-bond acceptors (Lipinski definition) is 7. The van der Waals surface area contributed by atoms with Gasteiger partial charge in [-0.05, 0) is 13.3 Å². The third kappa shape index (κ3) is 5.92. The standard InChI is InChI=1S/C13H21NO5S/c1-8-3-4-12(16)19-10(5-18-13(8)17)6-20-7-11(14)9(2)15/h8,10-11H,3-7,14H2,1-2H3. The number of esters is 2. The second-order valence-corrected chi connectivity index (χ2v) is 6.01. The molecule has 1 rings (SSSR count). The number of Topliss-reactive ketones (excluding diaryl/α,β-unsaturated/α-hetero) is 1. The molecule has 1 heterocycles. The zero-order valence-corrected chi connectivity index (χ0v) is 12.6. The smallest absolute Gasteiger partial charge is 0.308 e. The van der Waals surface area contributed by atoms with Crippen LogP contribution in [0.15, 0.2) is 0 Å². The zero-order valence-electron chi connectivity index (χ0n) is 11.8. The van der Waals surface area contributed by atoms with Crippen LogP contribution >= 0.6 is 11.8 Å². The molecule has 3 unspecified atom stereocenters. The molecule has 6 nitrogen and oxygen atoms in total. The van der Waals surface area contributed by atoms with E-state index in [2.05, 4.69) is 0 Å². The van der Waals surface area contributed by atoms with Crippen molar-refractivity contribution < 1.29 is 23.9 Å². The molecule has 7 heteroatoms. The predicted molar refractivity (Wildman–Crippen MR) is 75.2 cm³/mol. The average Bonchev–Trinajstić information content (AvgIpc) is 2.45. The highest BCUT2D eigenvalue weighted by Gasteiger charge is 2.24. The molecule has 0 bridgehead atoms. The lowest BCUT2D eigenvalue weighted by Crippen LogP contribution is -2.32. The van der Waals surface area contributed by atoms with Crippen molar-refractivity contribution in [3.8, 4) is 0 Å². The van der Waals surface area contributed by atoms with Crippen LogP contribution < -0.4 is 5.73 Å². The highest BCUT2D eigenvalue weighted by molar-refractivity contribution is 7.99. The molecule has 1 aliphatic rings. The number of cyclic esters (lactones) is 2. The minimum atomic E-state index is -0.519. The van der Waals surface area contributed by atoms with Crippen molar-refractivity contribution in [2.45, 2.75) is 38.8 Å². The maximum atomic E-state index is 11.6. The summed E-state index contributed by atoms with van der Waals surface area (Å²) in [7, 11) is 0. The van der Waals surface area contributed by atoms with E-state index in [9.17, 15) is 14.4 Å². The normalized spacial score (nSPS) is 25.8. The van der Waals surface area contributed by atoms with Gasteiger partial charge in [-0.1, -0.05) is 6.92 Å². The van der Waals surface area contributed by atoms with Gasteiger partial charge in [0.25, 0.3) is 0 Å². The monoisotopic (exact) mass is 303 g/mol. The van der Waals surface area contributed by atoms with Gasteiger partial charge in [0.15, 0.2) is 0 Å². The van der Waals surface area contributed by atoms with Crippen LogP contribution in [0.4, 0.5) is 0 Å². The van der Waals surface area contributed by atoms with Crippen molar-refractivity contribution >= 4 is 29.5 Å². The third-order valence-corrected chi connectivity index (χ3v) is 4.22. The van der Waals surface area contributed by atoms with Crippen LogP contribution in [0.5, 0.6) is 0 Å². The van der Waals surface area contributed by atoms with Crippen molar-refractivity contribution in [1.29, 1.82) is 0 Å². The SMILES string of the molecule is CC(=O)C(N)CSCC1COC(=O)C(C)CCC(=O)O1. The molecule has 20 heavy (non-hydrogen) atoms. The Kier molecular flexibility index (Phi) is 7.01. The topological polar surface area (TPSA) is 95.7 Å². The van der Waals surface area contributed by atoms with Crippen LogP contribution in [0.3, 0.4) is 0 Å². The van der Waals surface area contributed by atoms with E-state index in [-0.39, 0.29) is 36.7 Å². The Bertz CT molecular complexity index is 374. The molecular formula is C13H21NO5S. The fourth-order valence-corrected chi connectivity index (χ4v) is 2.63. The number of carbonyl (C=O) groups excluding carboxylic acids is 3. The maximum Gasteiger partial charge on any atom is 0.308 e. The van der Waals surface area contributed by atoms with Gasteiger partial charge in [0.2, 0.25) is 0 Å². The Labute approximate surface area is 122 Å². The number of carbonyl (C=O) groups is 3. The molecular weight excluding hydrogens is 282 g/mol. The van der Waals surface area contributed by atoms with E-state index in [1.165, 1.54) is 18.7 Å². The molecule has 0 radical (unpaired) electrons. The van der Waals surface area contributed by atoms with E-state index in [1.54, 1.807) is 6.92 Å². The summed E-state index contributed by atoms with van der Waals surface area (Å²) in [6.07, 6.45) is 0.165. The van der Waals surface area contributed by atoms with Gasteiger partial charge >= 0.3 is 11.9 Å². The summed E-state index contributed by atoms with van der Waals surface area (Å²) in [6, 6.07) is -0.519. The number of ether oxygens (including phenoxy) is 2. The van der Waals surface area contributed by atoms with Crippen LogP contribution in [0.1, 0.15) is 26.7 Å². The summed E-state index contributed by atoms with van der Waals surface area (Å²) in [4.78, 5) is 34.2. The van der Waals surface area contributed by atoms with Crippen LogP contribution in [0, 0.1) is 5.92 Å². The molecule has 0 aliphatic carbocycles. The largest absolute Gasteiger partial charge is 0.461 e. The Morgan fingerprint density at radius 3 is 2.85 bits per heavy atom. The summed E-state index contributed by atoms with van der Waals surface area (Å²) >= 11 is 1.41. The van der Waals surface area contributed by atoms with E-state index >= 15 is 0 Å². The molecule has 0 aromatic carbocycles. The van der Waals surface area contributed by atoms with E-state index in [1.807, 2.05) is 0 Å². The summed E-state index contributed by atoms with van der Waals surface area (Å²) in [5, 5.41) is 0. The number of hydrogen-bond donors (Lipinski definition) is 1. The van der Waals surface area contributed by atoms with Crippen molar-refractivity contribution in [3.63, 3.8) is 0 Å². The van der Waals surface area contributed by atoms with Crippen molar-refractivity contribution in [2.24, 2.45) is 11.7 Å². The fraction of sp³-hybridized carbons (Fsp3) is 0.769. The quantitative estimate of drug-likeness (QED) is 0.740. The Balaban J connectivity index is 2.44. The van der Waals surface area contributed by atoms with Gasteiger partial charge in [0, 0.05) is 17.9 Å². The average molecular weight is 303 g/mol. The van der Waals surface area contributed by atoms with E-state index < -0.39 is 12.1 Å². The second kappa shape index (κ2) is 8.26. The lowest BCUT2D eigenvalue weighted by Gasteiger charge is -2.17. The number of thioether (sulfide) groups is 1. The highest BCUT2D eigenvalue weighted by atomic mass is 32.2. The molecule has 0 aromatic heterocycles.